The van der Waals surface area contributed by atoms with Crippen LogP contribution in [0.4, 0.5) is 0 Å². The van der Waals surface area contributed by atoms with Crippen LogP contribution in [0.2, 0.25) is 0 Å². The lowest BCUT2D eigenvalue weighted by atomic mass is 9.98. The van der Waals surface area contributed by atoms with Crippen LogP contribution in [0.1, 0.15) is 64.2 Å². The maximum absolute atomic E-state index is 6.29. The van der Waals surface area contributed by atoms with Gasteiger partial charge in [-0.25, -0.2) is 0 Å². The highest BCUT2D eigenvalue weighted by Crippen LogP contribution is 2.43. The van der Waals surface area contributed by atoms with Crippen LogP contribution in [0.25, 0.3) is 0 Å². The van der Waals surface area contributed by atoms with E-state index < -0.39 is 0 Å². The Morgan fingerprint density at radius 2 is 1.88 bits per heavy atom. The van der Waals surface area contributed by atoms with Crippen molar-refractivity contribution in [1.29, 1.82) is 0 Å². The van der Waals surface area contributed by atoms with Crippen molar-refractivity contribution in [3.05, 3.63) is 0 Å². The molecule has 1 atom stereocenters. The molecular weight excluding hydrogens is 210 g/mol. The van der Waals surface area contributed by atoms with Crippen molar-refractivity contribution in [3.63, 3.8) is 0 Å². The summed E-state index contributed by atoms with van der Waals surface area (Å²) in [6, 6.07) is 0. The Morgan fingerprint density at radius 1 is 1.06 bits per heavy atom. The van der Waals surface area contributed by atoms with Crippen molar-refractivity contribution in [2.24, 2.45) is 5.92 Å². The van der Waals surface area contributed by atoms with Gasteiger partial charge in [0.15, 0.2) is 0 Å². The molecule has 2 heteroatoms. The Kier molecular flexibility index (Phi) is 3.72. The smallest absolute Gasteiger partial charge is 0.0708 e. The van der Waals surface area contributed by atoms with Gasteiger partial charge in [0.2, 0.25) is 0 Å². The fourth-order valence-corrected chi connectivity index (χ4v) is 3.61. The first-order chi connectivity index (χ1) is 8.36. The van der Waals surface area contributed by atoms with Gasteiger partial charge in [-0.15, -0.1) is 0 Å². The van der Waals surface area contributed by atoms with Gasteiger partial charge < -0.3 is 10.1 Å². The molecule has 1 saturated heterocycles. The third-order valence-electron chi connectivity index (χ3n) is 4.89. The topological polar surface area (TPSA) is 21.3 Å². The minimum atomic E-state index is 0.320. The number of hydrogen-bond acceptors (Lipinski definition) is 2. The van der Waals surface area contributed by atoms with Crippen LogP contribution in [0, 0.1) is 5.92 Å². The second kappa shape index (κ2) is 5.27. The molecule has 3 aliphatic rings. The highest BCUT2D eigenvalue weighted by Gasteiger charge is 2.41. The Hall–Kier alpha value is -0.0800. The minimum absolute atomic E-state index is 0.320. The fourth-order valence-electron chi connectivity index (χ4n) is 3.61. The SMILES string of the molecule is C(CNCC1CCC2(CCCC2)O1)CC1CC1. The van der Waals surface area contributed by atoms with Crippen molar-refractivity contribution in [3.8, 4) is 0 Å². The zero-order chi connectivity index (χ0) is 11.6. The summed E-state index contributed by atoms with van der Waals surface area (Å²) in [4.78, 5) is 0. The van der Waals surface area contributed by atoms with Gasteiger partial charge in [0, 0.05) is 6.54 Å². The maximum Gasteiger partial charge on any atom is 0.0708 e. The van der Waals surface area contributed by atoms with Crippen LogP contribution in [-0.4, -0.2) is 24.8 Å². The molecule has 0 amide bonds. The molecule has 0 radical (unpaired) electrons. The fraction of sp³-hybridized carbons (Fsp3) is 1.00. The van der Waals surface area contributed by atoms with Crippen LogP contribution in [0.15, 0.2) is 0 Å². The van der Waals surface area contributed by atoms with E-state index in [1.54, 1.807) is 0 Å². The van der Waals surface area contributed by atoms with E-state index >= 15 is 0 Å². The Balaban J connectivity index is 1.28. The summed E-state index contributed by atoms with van der Waals surface area (Å²) in [5, 5.41) is 3.59. The molecule has 0 aromatic carbocycles. The van der Waals surface area contributed by atoms with Gasteiger partial charge in [-0.3, -0.25) is 0 Å². The van der Waals surface area contributed by atoms with Crippen molar-refractivity contribution in [1.82, 2.24) is 5.32 Å². The van der Waals surface area contributed by atoms with Crippen LogP contribution in [-0.2, 0) is 4.74 Å². The van der Waals surface area contributed by atoms with E-state index in [9.17, 15) is 0 Å². The minimum Gasteiger partial charge on any atom is -0.370 e. The lowest BCUT2D eigenvalue weighted by molar-refractivity contribution is -0.0350. The van der Waals surface area contributed by atoms with Gasteiger partial charge in [-0.2, -0.15) is 0 Å². The molecule has 1 N–H and O–H groups in total. The van der Waals surface area contributed by atoms with E-state index in [2.05, 4.69) is 5.32 Å². The maximum atomic E-state index is 6.29. The number of ether oxygens (including phenoxy) is 1. The molecule has 0 aromatic heterocycles. The molecule has 1 aliphatic heterocycles. The van der Waals surface area contributed by atoms with Crippen molar-refractivity contribution >= 4 is 0 Å². The number of rotatable bonds is 6. The third kappa shape index (κ3) is 3.23. The molecule has 3 rings (SSSR count). The number of hydrogen-bond donors (Lipinski definition) is 1. The van der Waals surface area contributed by atoms with Crippen molar-refractivity contribution < 1.29 is 4.74 Å². The average Bonchev–Trinajstić information content (AvgIpc) is 2.91. The summed E-state index contributed by atoms with van der Waals surface area (Å²) in [5.74, 6) is 1.08. The predicted octanol–water partition coefficient (Wildman–Crippen LogP) is 3.26. The highest BCUT2D eigenvalue weighted by atomic mass is 16.5. The molecule has 0 bridgehead atoms. The molecule has 2 aliphatic carbocycles. The van der Waals surface area contributed by atoms with E-state index in [4.69, 9.17) is 4.74 Å². The van der Waals surface area contributed by atoms with Crippen LogP contribution >= 0.6 is 0 Å². The zero-order valence-electron chi connectivity index (χ0n) is 11.0. The van der Waals surface area contributed by atoms with Gasteiger partial charge in [-0.05, 0) is 51.0 Å². The summed E-state index contributed by atoms with van der Waals surface area (Å²) >= 11 is 0. The highest BCUT2D eigenvalue weighted by molar-refractivity contribution is 4.93. The van der Waals surface area contributed by atoms with Crippen LogP contribution < -0.4 is 5.32 Å². The largest absolute Gasteiger partial charge is 0.370 e. The monoisotopic (exact) mass is 237 g/mol. The molecule has 1 unspecified atom stereocenters. The molecule has 98 valence electrons. The average molecular weight is 237 g/mol. The molecular formula is C15H27NO. The lowest BCUT2D eigenvalue weighted by Crippen LogP contribution is -2.31. The van der Waals surface area contributed by atoms with Gasteiger partial charge in [0.05, 0.1) is 11.7 Å². The van der Waals surface area contributed by atoms with E-state index in [1.807, 2.05) is 0 Å². The summed E-state index contributed by atoms with van der Waals surface area (Å²) in [7, 11) is 0. The summed E-state index contributed by atoms with van der Waals surface area (Å²) in [6.45, 7) is 2.29. The predicted molar refractivity (Wildman–Crippen MR) is 70.1 cm³/mol. The van der Waals surface area contributed by atoms with Crippen LogP contribution in [0.3, 0.4) is 0 Å². The molecule has 0 aromatic rings. The summed E-state index contributed by atoms with van der Waals surface area (Å²) in [5.41, 5.74) is 0.320. The Bertz CT molecular complexity index is 243. The molecule has 3 fully saturated rings. The first-order valence-electron chi connectivity index (χ1n) is 7.75. The second-order valence-corrected chi connectivity index (χ2v) is 6.46. The van der Waals surface area contributed by atoms with E-state index in [0.717, 1.165) is 12.5 Å². The molecule has 2 nitrogen and oxygen atoms in total. The normalized spacial score (nSPS) is 31.4. The molecule has 2 saturated carbocycles. The first kappa shape index (κ1) is 12.0. The summed E-state index contributed by atoms with van der Waals surface area (Å²) < 4.78 is 6.29. The quantitative estimate of drug-likeness (QED) is 0.716. The Labute approximate surface area is 105 Å². The van der Waals surface area contributed by atoms with E-state index in [1.165, 1.54) is 70.8 Å². The zero-order valence-corrected chi connectivity index (χ0v) is 11.0. The van der Waals surface area contributed by atoms with Gasteiger partial charge in [0.25, 0.3) is 0 Å². The van der Waals surface area contributed by atoms with Gasteiger partial charge in [0.1, 0.15) is 0 Å². The van der Waals surface area contributed by atoms with Gasteiger partial charge >= 0.3 is 0 Å². The summed E-state index contributed by atoms with van der Waals surface area (Å²) in [6.07, 6.45) is 14.3. The molecule has 1 spiro atoms. The van der Waals surface area contributed by atoms with Gasteiger partial charge in [-0.1, -0.05) is 25.7 Å². The van der Waals surface area contributed by atoms with E-state index in [-0.39, 0.29) is 0 Å². The first-order valence-corrected chi connectivity index (χ1v) is 7.75. The standard InChI is InChI=1S/C15H27NO/c1-2-9-15(8-1)10-7-14(17-15)12-16-11-3-4-13-5-6-13/h13-14,16H,1-12H2. The van der Waals surface area contributed by atoms with Crippen molar-refractivity contribution in [2.45, 2.75) is 75.9 Å². The number of nitrogens with one attached hydrogen (secondary N) is 1. The lowest BCUT2D eigenvalue weighted by Gasteiger charge is -2.23. The second-order valence-electron chi connectivity index (χ2n) is 6.46. The molecule has 17 heavy (non-hydrogen) atoms. The Morgan fingerprint density at radius 3 is 2.65 bits per heavy atom. The van der Waals surface area contributed by atoms with Crippen LogP contribution in [0.5, 0.6) is 0 Å². The van der Waals surface area contributed by atoms with Crippen molar-refractivity contribution in [2.75, 3.05) is 13.1 Å². The van der Waals surface area contributed by atoms with E-state index in [0.29, 0.717) is 11.7 Å². The third-order valence-corrected chi connectivity index (χ3v) is 4.89. The molecule has 1 heterocycles.